The fraction of sp³-hybridized carbons (Fsp3) is 0.467. The Morgan fingerprint density at radius 2 is 1.46 bits per heavy atom. The van der Waals surface area contributed by atoms with Gasteiger partial charge in [-0.2, -0.15) is 26.3 Å². The average Bonchev–Trinajstić information content (AvgIpc) is 2.52. The van der Waals surface area contributed by atoms with Crippen LogP contribution in [0.4, 0.5) is 31.1 Å². The first-order chi connectivity index (χ1) is 11.8. The Morgan fingerprint density at radius 3 is 1.77 bits per heavy atom. The van der Waals surface area contributed by atoms with Crippen LogP contribution in [0, 0.1) is 0 Å². The number of nitrogens with two attached hydrogens (primary N) is 1. The Hall–Kier alpha value is -2.46. The minimum Gasteiger partial charge on any atom is -0.350 e. The lowest BCUT2D eigenvalue weighted by Gasteiger charge is -2.43. The second-order valence-corrected chi connectivity index (χ2v) is 5.37. The summed E-state index contributed by atoms with van der Waals surface area (Å²) in [4.78, 5) is 23.5. The number of amides is 3. The minimum atomic E-state index is -5.94. The van der Waals surface area contributed by atoms with Gasteiger partial charge in [0.25, 0.3) is 11.4 Å². The molecular formula is C15H17F6N3O2. The molecule has 0 saturated heterocycles. The molecule has 0 saturated carbocycles. The standard InChI is InChI=1S/C15H17F6N3O2/c1-3-9-5-7-10(8-6-9)11(25)23-24(12(22)26)13(4-2,14(16,17)18)15(19,20)21/h5-8H,3-4H2,1-2H3,(H2,22,26)(H,23,25). The van der Waals surface area contributed by atoms with Crippen LogP contribution in [-0.2, 0) is 6.42 Å². The largest absolute Gasteiger partial charge is 0.422 e. The SMILES string of the molecule is CCc1ccc(C(=O)NN(C(N)=O)C(CC)(C(F)(F)F)C(F)(F)F)cc1. The molecule has 26 heavy (non-hydrogen) atoms. The number of nitrogens with zero attached hydrogens (tertiary/aromatic N) is 1. The van der Waals surface area contributed by atoms with Crippen molar-refractivity contribution in [2.24, 2.45) is 5.73 Å². The van der Waals surface area contributed by atoms with E-state index in [-0.39, 0.29) is 5.56 Å². The average molecular weight is 385 g/mol. The van der Waals surface area contributed by atoms with Gasteiger partial charge in [0.2, 0.25) is 0 Å². The van der Waals surface area contributed by atoms with Gasteiger partial charge in [0, 0.05) is 5.56 Å². The fourth-order valence-corrected chi connectivity index (χ4v) is 2.37. The molecule has 3 amide bonds. The Morgan fingerprint density at radius 1 is 1.00 bits per heavy atom. The van der Waals surface area contributed by atoms with Crippen molar-refractivity contribution in [3.63, 3.8) is 0 Å². The molecule has 1 rings (SSSR count). The summed E-state index contributed by atoms with van der Waals surface area (Å²) in [6.07, 6.45) is -12.9. The topological polar surface area (TPSA) is 75.4 Å². The molecule has 0 aromatic heterocycles. The van der Waals surface area contributed by atoms with Crippen LogP contribution in [0.5, 0.6) is 0 Å². The van der Waals surface area contributed by atoms with E-state index in [4.69, 9.17) is 5.73 Å². The zero-order valence-electron chi connectivity index (χ0n) is 13.8. The smallest absolute Gasteiger partial charge is 0.350 e. The molecule has 0 heterocycles. The van der Waals surface area contributed by atoms with E-state index in [1.165, 1.54) is 29.7 Å². The monoisotopic (exact) mass is 385 g/mol. The van der Waals surface area contributed by atoms with Gasteiger partial charge in [-0.15, -0.1) is 0 Å². The summed E-state index contributed by atoms with van der Waals surface area (Å²) in [5.41, 5.74) is 1.99. The van der Waals surface area contributed by atoms with E-state index < -0.39 is 41.3 Å². The van der Waals surface area contributed by atoms with Crippen LogP contribution in [0.1, 0.15) is 36.2 Å². The summed E-state index contributed by atoms with van der Waals surface area (Å²) in [5, 5.41) is -0.900. The van der Waals surface area contributed by atoms with Crippen molar-refractivity contribution in [3.8, 4) is 0 Å². The van der Waals surface area contributed by atoms with Crippen LogP contribution in [0.15, 0.2) is 24.3 Å². The van der Waals surface area contributed by atoms with E-state index in [0.29, 0.717) is 13.3 Å². The summed E-state index contributed by atoms with van der Waals surface area (Å²) in [7, 11) is 0. The predicted octanol–water partition coefficient (Wildman–Crippen LogP) is 3.55. The van der Waals surface area contributed by atoms with E-state index >= 15 is 0 Å². The summed E-state index contributed by atoms with van der Waals surface area (Å²) in [6.45, 7) is 2.39. The molecular weight excluding hydrogens is 368 g/mol. The van der Waals surface area contributed by atoms with Gasteiger partial charge in [0.05, 0.1) is 0 Å². The molecule has 5 nitrogen and oxygen atoms in total. The number of alkyl halides is 6. The van der Waals surface area contributed by atoms with Crippen molar-refractivity contribution < 1.29 is 35.9 Å². The zero-order chi connectivity index (χ0) is 20.3. The number of urea groups is 1. The highest BCUT2D eigenvalue weighted by molar-refractivity contribution is 5.95. The Bertz CT molecular complexity index is 641. The number of carbonyl (C=O) groups excluding carboxylic acids is 2. The van der Waals surface area contributed by atoms with Gasteiger partial charge in [-0.05, 0) is 30.5 Å². The van der Waals surface area contributed by atoms with Crippen LogP contribution >= 0.6 is 0 Å². The van der Waals surface area contributed by atoms with Gasteiger partial charge in [0.15, 0.2) is 0 Å². The molecule has 0 spiro atoms. The van der Waals surface area contributed by atoms with Crippen LogP contribution in [0.3, 0.4) is 0 Å². The lowest BCUT2D eigenvalue weighted by Crippen LogP contribution is -2.73. The first kappa shape index (κ1) is 21.6. The number of halogens is 6. The number of hydrogen-bond acceptors (Lipinski definition) is 2. The maximum Gasteiger partial charge on any atom is 0.422 e. The van der Waals surface area contributed by atoms with E-state index in [1.54, 1.807) is 0 Å². The number of primary amides is 1. The fourth-order valence-electron chi connectivity index (χ4n) is 2.37. The second-order valence-electron chi connectivity index (χ2n) is 5.37. The third kappa shape index (κ3) is 3.86. The number of benzene rings is 1. The number of nitrogens with one attached hydrogen (secondary N) is 1. The molecule has 0 fully saturated rings. The Balaban J connectivity index is 3.35. The molecule has 0 aliphatic rings. The highest BCUT2D eigenvalue weighted by Gasteiger charge is 2.74. The molecule has 0 unspecified atom stereocenters. The van der Waals surface area contributed by atoms with Gasteiger partial charge >= 0.3 is 18.4 Å². The molecule has 0 aliphatic heterocycles. The summed E-state index contributed by atoms with van der Waals surface area (Å²) >= 11 is 0. The number of rotatable bonds is 4. The quantitative estimate of drug-likeness (QED) is 0.614. The van der Waals surface area contributed by atoms with Crippen molar-refractivity contribution in [2.75, 3.05) is 0 Å². The van der Waals surface area contributed by atoms with Crippen LogP contribution in [-0.4, -0.2) is 34.8 Å². The lowest BCUT2D eigenvalue weighted by atomic mass is 9.93. The van der Waals surface area contributed by atoms with Crippen molar-refractivity contribution in [1.29, 1.82) is 0 Å². The number of hydrazine groups is 1. The lowest BCUT2D eigenvalue weighted by molar-refractivity contribution is -0.337. The van der Waals surface area contributed by atoms with E-state index in [0.717, 1.165) is 5.56 Å². The molecule has 0 radical (unpaired) electrons. The molecule has 0 bridgehead atoms. The van der Waals surface area contributed by atoms with Gasteiger partial charge in [-0.1, -0.05) is 26.0 Å². The van der Waals surface area contributed by atoms with E-state index in [9.17, 15) is 35.9 Å². The third-order valence-corrected chi connectivity index (χ3v) is 3.89. The molecule has 0 aliphatic carbocycles. The first-order valence-corrected chi connectivity index (χ1v) is 7.44. The van der Waals surface area contributed by atoms with Crippen molar-refractivity contribution in [3.05, 3.63) is 35.4 Å². The predicted molar refractivity (Wildman–Crippen MR) is 79.8 cm³/mol. The second kappa shape index (κ2) is 7.42. The molecule has 1 aromatic carbocycles. The van der Waals surface area contributed by atoms with E-state index in [1.807, 2.05) is 6.92 Å². The van der Waals surface area contributed by atoms with E-state index in [2.05, 4.69) is 0 Å². The van der Waals surface area contributed by atoms with Gasteiger partial charge in [-0.25, -0.2) is 9.80 Å². The van der Waals surface area contributed by atoms with Crippen molar-refractivity contribution >= 4 is 11.9 Å². The number of hydrogen-bond donors (Lipinski definition) is 2. The molecule has 11 heteroatoms. The van der Waals surface area contributed by atoms with Gasteiger partial charge < -0.3 is 5.73 Å². The third-order valence-electron chi connectivity index (χ3n) is 3.89. The molecule has 146 valence electrons. The molecule has 0 atom stereocenters. The Labute approximate surface area is 145 Å². The maximum absolute atomic E-state index is 13.3. The number of carbonyl (C=O) groups is 2. The summed E-state index contributed by atoms with van der Waals surface area (Å²) < 4.78 is 79.9. The molecule has 1 aromatic rings. The maximum atomic E-state index is 13.3. The van der Waals surface area contributed by atoms with Gasteiger partial charge in [0.1, 0.15) is 0 Å². The minimum absolute atomic E-state index is 0.234. The van der Waals surface area contributed by atoms with Gasteiger partial charge in [-0.3, -0.25) is 10.2 Å². The highest BCUT2D eigenvalue weighted by Crippen LogP contribution is 2.48. The van der Waals surface area contributed by atoms with Crippen molar-refractivity contribution in [1.82, 2.24) is 10.4 Å². The zero-order valence-corrected chi connectivity index (χ0v) is 13.8. The van der Waals surface area contributed by atoms with Crippen molar-refractivity contribution in [2.45, 2.75) is 44.6 Å². The van der Waals surface area contributed by atoms with Crippen LogP contribution < -0.4 is 11.2 Å². The number of aryl methyl sites for hydroxylation is 1. The molecule has 3 N–H and O–H groups in total. The first-order valence-electron chi connectivity index (χ1n) is 7.44. The van der Waals surface area contributed by atoms with Crippen LogP contribution in [0.25, 0.3) is 0 Å². The summed E-state index contributed by atoms with van der Waals surface area (Å²) in [6, 6.07) is 3.28. The highest BCUT2D eigenvalue weighted by atomic mass is 19.4. The van der Waals surface area contributed by atoms with Crippen LogP contribution in [0.2, 0.25) is 0 Å². The summed E-state index contributed by atoms with van der Waals surface area (Å²) in [5.74, 6) is -1.34. The Kier molecular flexibility index (Phi) is 6.16. The normalized spacial score (nSPS) is 12.6.